The minimum absolute atomic E-state index is 0. The highest BCUT2D eigenvalue weighted by Crippen LogP contribution is 2.35. The maximum absolute atomic E-state index is 12.7. The number of ether oxygens (including phenoxy) is 2. The van der Waals surface area contributed by atoms with Crippen LogP contribution in [0.15, 0.2) is 144 Å². The van der Waals surface area contributed by atoms with Gasteiger partial charge in [0.25, 0.3) is 11.8 Å². The van der Waals surface area contributed by atoms with Crippen molar-refractivity contribution in [1.82, 2.24) is 15.0 Å². The number of carbonyl (C=O) groups excluding carboxylic acids is 4. The summed E-state index contributed by atoms with van der Waals surface area (Å²) in [6, 6.07) is 37.5. The molecule has 12 rings (SSSR count). The van der Waals surface area contributed by atoms with Crippen LogP contribution >= 0.6 is 160 Å². The molecule has 0 aliphatic rings. The zero-order valence-electron chi connectivity index (χ0n) is 45.6. The molecule has 0 radical (unpaired) electrons. The summed E-state index contributed by atoms with van der Waals surface area (Å²) in [6.07, 6.45) is 0. The first-order valence-corrected chi connectivity index (χ1v) is 33.6. The Balaban J connectivity index is 0.000000159. The van der Waals surface area contributed by atoms with E-state index >= 15 is 0 Å². The fourth-order valence-corrected chi connectivity index (χ4v) is 13.9. The molecule has 0 aliphatic heterocycles. The number of anilines is 3. The second kappa shape index (κ2) is 31.0. The summed E-state index contributed by atoms with van der Waals surface area (Å²) in [4.78, 5) is 74.2. The lowest BCUT2D eigenvalue weighted by molar-refractivity contribution is 0.0522. The molecule has 27 heteroatoms. The Kier molecular flexibility index (Phi) is 23.8. The van der Waals surface area contributed by atoms with Gasteiger partial charge < -0.3 is 27.7 Å². The van der Waals surface area contributed by atoms with Crippen molar-refractivity contribution >= 4 is 236 Å². The number of esters is 2. The minimum Gasteiger partial charge on any atom is -0.477 e. The largest absolute Gasteiger partial charge is 0.477 e. The van der Waals surface area contributed by atoms with Gasteiger partial charge in [0.15, 0.2) is 15.4 Å². The predicted octanol–water partition coefficient (Wildman–Crippen LogP) is 20.9. The second-order valence-corrected chi connectivity index (χ2v) is 27.3. The molecular weight excluding hydrogens is 1480 g/mol. The van der Waals surface area contributed by atoms with E-state index in [9.17, 15) is 24.0 Å². The molecule has 5 N–H and O–H groups in total. The highest BCUT2D eigenvalue weighted by atomic mass is 127. The minimum atomic E-state index is -0.982. The number of fused-ring (bicyclic) bond motifs is 3. The lowest BCUT2D eigenvalue weighted by atomic mass is 10.1. The smallest absolute Gasteiger partial charge is 0.348 e. The highest BCUT2D eigenvalue weighted by Gasteiger charge is 2.18. The van der Waals surface area contributed by atoms with Crippen LogP contribution in [0.1, 0.15) is 63.6 Å². The van der Waals surface area contributed by atoms with Crippen LogP contribution < -0.4 is 16.4 Å². The first kappa shape index (κ1) is 67.6. The zero-order chi connectivity index (χ0) is 62.1. The van der Waals surface area contributed by atoms with Crippen LogP contribution in [0.4, 0.5) is 15.4 Å². The van der Waals surface area contributed by atoms with Gasteiger partial charge in [0.1, 0.15) is 14.6 Å². The van der Waals surface area contributed by atoms with Crippen LogP contribution in [0.5, 0.6) is 0 Å². The summed E-state index contributed by atoms with van der Waals surface area (Å²) in [7, 11) is 0. The van der Waals surface area contributed by atoms with Crippen LogP contribution in [-0.4, -0.2) is 63.0 Å². The molecule has 0 saturated heterocycles. The van der Waals surface area contributed by atoms with Gasteiger partial charge in [-0.3, -0.25) is 20.2 Å². The first-order chi connectivity index (χ1) is 41.7. The lowest BCUT2D eigenvalue weighted by Crippen LogP contribution is -2.11. The van der Waals surface area contributed by atoms with E-state index in [-0.39, 0.29) is 36.1 Å². The third-order valence-electron chi connectivity index (χ3n) is 11.8. The number of hydrogen-bond donors (Lipinski definition) is 4. The average molecular weight is 1520 g/mol. The Bertz CT molecular complexity index is 4560. The van der Waals surface area contributed by atoms with Gasteiger partial charge >= 0.3 is 17.9 Å². The molecule has 0 saturated carbocycles. The number of nitrogen functional groups attached to an aromatic ring is 1. The summed E-state index contributed by atoms with van der Waals surface area (Å²) < 4.78 is 14.0. The molecule has 14 nitrogen and oxygen atoms in total. The lowest BCUT2D eigenvalue weighted by Gasteiger charge is -2.02. The Labute approximate surface area is 570 Å². The number of aromatic nitrogens is 3. The van der Waals surface area contributed by atoms with Gasteiger partial charge in [-0.2, -0.15) is 0 Å². The number of rotatable bonds is 12. The number of amides is 2. The second-order valence-electron chi connectivity index (χ2n) is 17.7. The number of carboxylic acid groups (broad SMARTS) is 1. The predicted molar refractivity (Wildman–Crippen MR) is 377 cm³/mol. The number of carbonyl (C=O) groups is 5. The summed E-state index contributed by atoms with van der Waals surface area (Å²) >= 11 is 45.9. The molecule has 0 unspecified atom stereocenters. The van der Waals surface area contributed by atoms with Crippen molar-refractivity contribution in [3.63, 3.8) is 0 Å². The molecule has 2 amide bonds. The molecular formula is C61H42Cl6IN6O8S6-. The number of nitrogens with two attached hydrogens (primary N) is 1. The van der Waals surface area contributed by atoms with Gasteiger partial charge in [0.2, 0.25) is 0 Å². The number of hydrogen-bond acceptors (Lipinski definition) is 17. The summed E-state index contributed by atoms with van der Waals surface area (Å²) in [5.41, 5.74) is 11.2. The Morgan fingerprint density at radius 2 is 0.864 bits per heavy atom. The Morgan fingerprint density at radius 1 is 0.489 bits per heavy atom. The molecule has 6 aromatic carbocycles. The number of carboxylic acids is 1. The standard InChI is InChI=1S/C21H14Cl2N2O3S2.C19H10Cl2N2O3S2.C11H9IO2S.C9H6Cl2N2S.CH3/c1-2-28-20(27)18-9-13-7-12(4-6-17(13)30-18)19(26)25-21-24-16(10-29-21)11-3-5-14(22)15(23)8-11;20-12-3-1-9(6-13(12)21)14-8-27-19(22-14)23-17(24)10-2-4-15-11(5-10)7-16(28-15)18(25)26;1-2-14-11(13)10-6-7-5-8(12)3-4-9(7)15-10;10-6-2-1-5(3-7(6)11)8-4-14-9(12)13-8;/h3-10H,2H2,1H3,(H,24,25,26);1-8H,(H,25,26)(H,22,23,24);3-6H,2H2,1H3;1-4H,(H2,12,13);1H3/q;;;;-1. The summed E-state index contributed by atoms with van der Waals surface area (Å²) in [6.45, 7) is 4.32. The molecule has 450 valence electrons. The van der Waals surface area contributed by atoms with E-state index in [0.29, 0.717) is 96.4 Å². The third kappa shape index (κ3) is 17.3. The number of nitrogens with one attached hydrogen (secondary N) is 2. The number of halogens is 7. The van der Waals surface area contributed by atoms with E-state index in [1.165, 1.54) is 71.6 Å². The summed E-state index contributed by atoms with van der Waals surface area (Å²) in [5.74, 6) is -2.17. The molecule has 6 heterocycles. The monoisotopic (exact) mass is 1510 g/mol. The van der Waals surface area contributed by atoms with Gasteiger partial charge in [-0.15, -0.1) is 68.0 Å². The molecule has 0 atom stereocenters. The quantitative estimate of drug-likeness (QED) is 0.0511. The van der Waals surface area contributed by atoms with Gasteiger partial charge in [-0.1, -0.05) is 87.8 Å². The van der Waals surface area contributed by atoms with E-state index in [1.54, 1.807) is 91.9 Å². The topological polar surface area (TPSA) is 213 Å². The van der Waals surface area contributed by atoms with Crippen molar-refractivity contribution in [1.29, 1.82) is 0 Å². The van der Waals surface area contributed by atoms with Crippen molar-refractivity contribution in [2.45, 2.75) is 13.8 Å². The SMILES string of the molecule is CCOC(=O)c1cc2cc(C(=O)Nc3nc(-c4ccc(Cl)c(Cl)c4)cs3)ccc2s1.CCOC(=O)c1cc2cc(I)ccc2s1.Nc1nc(-c2ccc(Cl)c(Cl)c2)cs1.O=C(Nc1nc(-c2ccc(Cl)c(Cl)c2)cs1)c1ccc2sc(C(=O)O)cc2c1.[CH3-]. The van der Waals surface area contributed by atoms with E-state index in [0.717, 1.165) is 47.3 Å². The number of thiophene rings is 3. The van der Waals surface area contributed by atoms with Crippen molar-refractivity contribution < 1.29 is 38.6 Å². The van der Waals surface area contributed by atoms with Gasteiger partial charge in [-0.25, -0.2) is 29.3 Å². The van der Waals surface area contributed by atoms with Gasteiger partial charge in [-0.05, 0) is 162 Å². The van der Waals surface area contributed by atoms with Crippen molar-refractivity contribution in [2.24, 2.45) is 0 Å². The molecule has 0 spiro atoms. The van der Waals surface area contributed by atoms with Crippen LogP contribution in [0, 0.1) is 11.0 Å². The number of thiazole rings is 3. The van der Waals surface area contributed by atoms with E-state index in [4.69, 9.17) is 89.9 Å². The molecule has 0 aliphatic carbocycles. The maximum atomic E-state index is 12.7. The van der Waals surface area contributed by atoms with Crippen LogP contribution in [0.25, 0.3) is 64.0 Å². The first-order valence-electron chi connectivity index (χ1n) is 25.2. The average Bonchev–Trinajstić information content (AvgIpc) is 2.67. The van der Waals surface area contributed by atoms with Crippen molar-refractivity contribution in [2.75, 3.05) is 29.6 Å². The zero-order valence-corrected chi connectivity index (χ0v) is 57.2. The van der Waals surface area contributed by atoms with Gasteiger partial charge in [0, 0.05) is 61.6 Å². The molecule has 0 bridgehead atoms. The van der Waals surface area contributed by atoms with E-state index in [1.807, 2.05) is 59.5 Å². The maximum Gasteiger partial charge on any atom is 0.348 e. The summed E-state index contributed by atoms with van der Waals surface area (Å²) in [5, 5.41) is 27.2. The van der Waals surface area contributed by atoms with Gasteiger partial charge in [0.05, 0.1) is 60.4 Å². The normalized spacial score (nSPS) is 10.6. The van der Waals surface area contributed by atoms with Crippen molar-refractivity contribution in [3.8, 4) is 33.8 Å². The highest BCUT2D eigenvalue weighted by molar-refractivity contribution is 14.1. The van der Waals surface area contributed by atoms with Crippen LogP contribution in [0.3, 0.4) is 0 Å². The van der Waals surface area contributed by atoms with E-state index in [2.05, 4.69) is 54.2 Å². The Hall–Kier alpha value is -6.29. The molecule has 0 fully saturated rings. The fourth-order valence-electron chi connectivity index (χ4n) is 7.75. The number of nitrogens with zero attached hydrogens (tertiary/aromatic N) is 3. The van der Waals surface area contributed by atoms with Crippen LogP contribution in [0.2, 0.25) is 30.1 Å². The number of benzene rings is 6. The molecule has 88 heavy (non-hydrogen) atoms. The Morgan fingerprint density at radius 3 is 1.25 bits per heavy atom. The fraction of sp³-hybridized carbons (Fsp3) is 0.0656. The van der Waals surface area contributed by atoms with Crippen molar-refractivity contribution in [3.05, 3.63) is 210 Å². The van der Waals surface area contributed by atoms with E-state index < -0.39 is 5.97 Å². The van der Waals surface area contributed by atoms with Crippen LogP contribution in [-0.2, 0) is 9.47 Å². The third-order valence-corrected chi connectivity index (χ3v) is 20.2. The molecule has 12 aromatic rings. The molecule has 6 aromatic heterocycles. The number of aromatic carboxylic acids is 1.